The van der Waals surface area contributed by atoms with Crippen LogP contribution in [0.5, 0.6) is 0 Å². The van der Waals surface area contributed by atoms with E-state index in [9.17, 15) is 0 Å². The third-order valence-electron chi connectivity index (χ3n) is 4.94. The maximum absolute atomic E-state index is 2.75. The first-order chi connectivity index (χ1) is 9.35. The summed E-state index contributed by atoms with van der Waals surface area (Å²) in [5.74, 6) is 2.61. The first-order valence-corrected chi connectivity index (χ1v) is 8.70. The fourth-order valence-electron chi connectivity index (χ4n) is 3.66. The van der Waals surface area contributed by atoms with Gasteiger partial charge in [0.1, 0.15) is 0 Å². The molecule has 1 unspecified atom stereocenters. The number of hydrogen-bond donors (Lipinski definition) is 0. The number of rotatable bonds is 6. The predicted molar refractivity (Wildman–Crippen MR) is 83.0 cm³/mol. The van der Waals surface area contributed by atoms with Crippen LogP contribution in [0.15, 0.2) is 0 Å². The van der Waals surface area contributed by atoms with Crippen LogP contribution in [0.25, 0.3) is 0 Å². The quantitative estimate of drug-likeness (QED) is 0.649. The van der Waals surface area contributed by atoms with Gasteiger partial charge in [-0.1, -0.05) is 26.7 Å². The van der Waals surface area contributed by atoms with Crippen molar-refractivity contribution in [1.82, 2.24) is 4.90 Å². The highest BCUT2D eigenvalue weighted by molar-refractivity contribution is 5.78. The normalized spacial score (nSPS) is 21.0. The summed E-state index contributed by atoms with van der Waals surface area (Å²) in [6.07, 6.45) is 12.5. The van der Waals surface area contributed by atoms with Crippen molar-refractivity contribution in [3.63, 3.8) is 0 Å². The second kappa shape index (κ2) is 9.81. The first kappa shape index (κ1) is 18.0. The summed E-state index contributed by atoms with van der Waals surface area (Å²) in [6, 6.07) is 0. The molecule has 2 rings (SSSR count). The molecule has 0 amide bonds. The molecule has 0 aromatic rings. The third kappa shape index (κ3) is 5.05. The van der Waals surface area contributed by atoms with Crippen LogP contribution in [0.4, 0.5) is 0 Å². The Morgan fingerprint density at radius 2 is 1.90 bits per heavy atom. The van der Waals surface area contributed by atoms with Crippen LogP contribution in [-0.2, 0) is 0 Å². The van der Waals surface area contributed by atoms with Gasteiger partial charge in [-0.3, -0.25) is 9.48 Å². The van der Waals surface area contributed by atoms with E-state index >= 15 is 0 Å². The zero-order chi connectivity index (χ0) is 13.5. The van der Waals surface area contributed by atoms with E-state index in [1.54, 1.807) is 5.84 Å². The van der Waals surface area contributed by atoms with E-state index in [2.05, 4.69) is 23.3 Å². The maximum atomic E-state index is 2.75. The molecule has 2 aliphatic rings. The topological polar surface area (TPSA) is 6.25 Å². The van der Waals surface area contributed by atoms with Crippen LogP contribution < -0.4 is 17.0 Å². The molecule has 20 heavy (non-hydrogen) atoms. The number of hydrogen-bond acceptors (Lipinski definition) is 1. The molecule has 2 aliphatic heterocycles. The number of halogens is 1. The van der Waals surface area contributed by atoms with Crippen LogP contribution in [-0.4, -0.2) is 41.5 Å². The van der Waals surface area contributed by atoms with Gasteiger partial charge in [0.25, 0.3) is 0 Å². The Balaban J connectivity index is 0.00000200. The number of amidine groups is 1. The molecule has 2 heterocycles. The zero-order valence-corrected chi connectivity index (χ0v) is 15.1. The molecule has 0 aromatic heterocycles. The van der Waals surface area contributed by atoms with E-state index in [1.165, 1.54) is 84.0 Å². The molecule has 1 atom stereocenters. The molecular formula is C17H33BrN2. The highest BCUT2D eigenvalue weighted by Gasteiger charge is 2.29. The largest absolute Gasteiger partial charge is 1.00 e. The van der Waals surface area contributed by atoms with Gasteiger partial charge in [-0.25, -0.2) is 0 Å². The van der Waals surface area contributed by atoms with Crippen molar-refractivity contribution in [2.45, 2.75) is 71.6 Å². The Labute approximate surface area is 136 Å². The average molecular weight is 345 g/mol. The van der Waals surface area contributed by atoms with Crippen LogP contribution in [0.1, 0.15) is 71.6 Å². The van der Waals surface area contributed by atoms with Crippen LogP contribution >= 0.6 is 0 Å². The van der Waals surface area contributed by atoms with E-state index in [-0.39, 0.29) is 17.0 Å². The van der Waals surface area contributed by atoms with Gasteiger partial charge in [0.2, 0.25) is 5.84 Å². The standard InChI is InChI=1S/C17H33N2.BrH/c1-3-5-10-16(4-2)15-19-14-9-13-18-12-8-6-7-11-17(18)19;/h16H,3-15H2,1-2H3;1H/q+1;/p-1. The Kier molecular flexibility index (Phi) is 8.83. The minimum atomic E-state index is 0. The van der Waals surface area contributed by atoms with Crippen molar-refractivity contribution in [3.05, 3.63) is 0 Å². The summed E-state index contributed by atoms with van der Waals surface area (Å²) < 4.78 is 2.70. The molecule has 2 nitrogen and oxygen atoms in total. The SMILES string of the molecule is CCCCC(CC)CN1CCC[N+]2=C1CCCCC2.[Br-]. The lowest BCUT2D eigenvalue weighted by atomic mass is 9.98. The number of unbranched alkanes of at least 4 members (excludes halogenated alkanes) is 1. The minimum Gasteiger partial charge on any atom is -1.00 e. The lowest BCUT2D eigenvalue weighted by molar-refractivity contribution is -0.539. The zero-order valence-electron chi connectivity index (χ0n) is 13.5. The van der Waals surface area contributed by atoms with E-state index in [0.29, 0.717) is 0 Å². The maximum Gasteiger partial charge on any atom is 0.246 e. The Bertz CT molecular complexity index is 301. The molecule has 0 radical (unpaired) electrons. The minimum absolute atomic E-state index is 0. The molecule has 0 saturated heterocycles. The van der Waals surface area contributed by atoms with Gasteiger partial charge in [-0.15, -0.1) is 0 Å². The molecule has 0 bridgehead atoms. The van der Waals surface area contributed by atoms with Crippen molar-refractivity contribution in [2.75, 3.05) is 26.2 Å². The first-order valence-electron chi connectivity index (χ1n) is 8.70. The van der Waals surface area contributed by atoms with Gasteiger partial charge >= 0.3 is 0 Å². The lowest BCUT2D eigenvalue weighted by Gasteiger charge is -2.29. The molecule has 0 aliphatic carbocycles. The highest BCUT2D eigenvalue weighted by Crippen LogP contribution is 2.19. The smallest absolute Gasteiger partial charge is 0.246 e. The fourth-order valence-corrected chi connectivity index (χ4v) is 3.66. The van der Waals surface area contributed by atoms with Gasteiger partial charge in [0.15, 0.2) is 0 Å². The van der Waals surface area contributed by atoms with Crippen molar-refractivity contribution in [1.29, 1.82) is 0 Å². The van der Waals surface area contributed by atoms with Gasteiger partial charge in [-0.05, 0) is 38.0 Å². The Morgan fingerprint density at radius 1 is 1.10 bits per heavy atom. The lowest BCUT2D eigenvalue weighted by Crippen LogP contribution is -3.00. The molecule has 3 heteroatoms. The van der Waals surface area contributed by atoms with Crippen molar-refractivity contribution < 1.29 is 21.6 Å². The van der Waals surface area contributed by atoms with Gasteiger partial charge in [-0.2, -0.15) is 0 Å². The van der Waals surface area contributed by atoms with E-state index < -0.39 is 0 Å². The molecule has 0 spiro atoms. The van der Waals surface area contributed by atoms with Crippen molar-refractivity contribution >= 4 is 5.84 Å². The molecule has 0 fully saturated rings. The van der Waals surface area contributed by atoms with Gasteiger partial charge in [0, 0.05) is 12.8 Å². The van der Waals surface area contributed by atoms with Crippen molar-refractivity contribution in [3.8, 4) is 0 Å². The summed E-state index contributed by atoms with van der Waals surface area (Å²) in [5, 5.41) is 0. The Hall–Kier alpha value is -0.0500. The van der Waals surface area contributed by atoms with E-state index in [0.717, 1.165) is 5.92 Å². The molecule has 118 valence electrons. The average Bonchev–Trinajstić information content (AvgIpc) is 2.69. The summed E-state index contributed by atoms with van der Waals surface area (Å²) in [7, 11) is 0. The molecule has 0 aromatic carbocycles. The Morgan fingerprint density at radius 3 is 2.65 bits per heavy atom. The molecular weight excluding hydrogens is 312 g/mol. The molecule has 0 saturated carbocycles. The van der Waals surface area contributed by atoms with Gasteiger partial charge in [0.05, 0.1) is 26.2 Å². The van der Waals surface area contributed by atoms with Crippen LogP contribution in [0, 0.1) is 5.92 Å². The summed E-state index contributed by atoms with van der Waals surface area (Å²) >= 11 is 0. The molecule has 0 N–H and O–H groups in total. The third-order valence-corrected chi connectivity index (χ3v) is 4.94. The number of nitrogens with zero attached hydrogens (tertiary/aromatic N) is 2. The van der Waals surface area contributed by atoms with E-state index in [1.807, 2.05) is 0 Å². The second-order valence-corrected chi connectivity index (χ2v) is 6.43. The predicted octanol–water partition coefficient (Wildman–Crippen LogP) is 0.898. The summed E-state index contributed by atoms with van der Waals surface area (Å²) in [4.78, 5) is 2.75. The van der Waals surface area contributed by atoms with Gasteiger partial charge < -0.3 is 17.0 Å². The van der Waals surface area contributed by atoms with E-state index in [4.69, 9.17) is 0 Å². The summed E-state index contributed by atoms with van der Waals surface area (Å²) in [5.41, 5.74) is 0. The second-order valence-electron chi connectivity index (χ2n) is 6.43. The van der Waals surface area contributed by atoms with Crippen LogP contribution in [0.3, 0.4) is 0 Å². The highest BCUT2D eigenvalue weighted by atomic mass is 79.9. The van der Waals surface area contributed by atoms with Crippen molar-refractivity contribution in [2.24, 2.45) is 5.92 Å². The van der Waals surface area contributed by atoms with Crippen LogP contribution in [0.2, 0.25) is 0 Å². The summed E-state index contributed by atoms with van der Waals surface area (Å²) in [6.45, 7) is 9.96. The monoisotopic (exact) mass is 344 g/mol. The fraction of sp³-hybridized carbons (Fsp3) is 0.941.